The van der Waals surface area contributed by atoms with E-state index in [4.69, 9.17) is 4.55 Å². The number of hydrogen-bond donors (Lipinski definition) is 1. The Hall–Kier alpha value is -0.170. The first-order valence-corrected chi connectivity index (χ1v) is 4.70. The first-order chi connectivity index (χ1) is 4.95. The van der Waals surface area contributed by atoms with Gasteiger partial charge in [0.25, 0.3) is 0 Å². The van der Waals surface area contributed by atoms with Crippen molar-refractivity contribution in [2.45, 2.75) is 19.8 Å². The second-order valence-corrected chi connectivity index (χ2v) is 3.21. The summed E-state index contributed by atoms with van der Waals surface area (Å²) in [6.07, 6.45) is 1.77. The number of rotatable bonds is 5. The molecule has 1 N–H and O–H groups in total. The Bertz CT molecular complexity index is 189. The molecule has 0 bridgehead atoms. The predicted octanol–water partition coefficient (Wildman–Crippen LogP) is 0.453. The third kappa shape index (κ3) is 7.73. The van der Waals surface area contributed by atoms with Crippen molar-refractivity contribution < 1.29 is 17.3 Å². The van der Waals surface area contributed by atoms with Crippen LogP contribution in [-0.2, 0) is 14.7 Å². The summed E-state index contributed by atoms with van der Waals surface area (Å²) in [5.74, 6) is 0. The molecule has 0 atom stereocenters. The molecule has 5 nitrogen and oxygen atoms in total. The van der Waals surface area contributed by atoms with E-state index in [0.29, 0.717) is 6.54 Å². The van der Waals surface area contributed by atoms with Crippen molar-refractivity contribution in [2.24, 2.45) is 0 Å². The van der Waals surface area contributed by atoms with Gasteiger partial charge in [0.15, 0.2) is 0 Å². The van der Waals surface area contributed by atoms with E-state index in [9.17, 15) is 8.42 Å². The van der Waals surface area contributed by atoms with E-state index in [1.165, 1.54) is 7.05 Å². The van der Waals surface area contributed by atoms with Crippen molar-refractivity contribution in [1.82, 2.24) is 5.06 Å². The third-order valence-corrected chi connectivity index (χ3v) is 1.49. The van der Waals surface area contributed by atoms with Crippen LogP contribution in [0.5, 0.6) is 0 Å². The fourth-order valence-electron chi connectivity index (χ4n) is 0.579. The highest BCUT2D eigenvalue weighted by Gasteiger charge is 2.08. The van der Waals surface area contributed by atoms with E-state index >= 15 is 0 Å². The van der Waals surface area contributed by atoms with Crippen molar-refractivity contribution in [3.63, 3.8) is 0 Å². The third-order valence-electron chi connectivity index (χ3n) is 1.05. The van der Waals surface area contributed by atoms with E-state index < -0.39 is 10.4 Å². The Morgan fingerprint density at radius 3 is 2.45 bits per heavy atom. The Morgan fingerprint density at radius 2 is 2.09 bits per heavy atom. The number of hydrogen-bond acceptors (Lipinski definition) is 4. The van der Waals surface area contributed by atoms with Crippen molar-refractivity contribution >= 4 is 10.4 Å². The van der Waals surface area contributed by atoms with Crippen molar-refractivity contribution in [3.05, 3.63) is 0 Å². The lowest BCUT2D eigenvalue weighted by atomic mass is 10.3. The molecule has 0 saturated heterocycles. The summed E-state index contributed by atoms with van der Waals surface area (Å²) in [5.41, 5.74) is 0. The van der Waals surface area contributed by atoms with Crippen LogP contribution in [0.1, 0.15) is 19.8 Å². The SMILES string of the molecule is CCCCN(C)OS(=O)(=O)O. The standard InChI is InChI=1S/C5H13NO4S/c1-3-4-5-6(2)10-11(7,8)9/h3-5H2,1-2H3,(H,7,8,9). The van der Waals surface area contributed by atoms with E-state index in [1.807, 2.05) is 6.92 Å². The average Bonchev–Trinajstić information content (AvgIpc) is 1.79. The molecular formula is C5H13NO4S. The van der Waals surface area contributed by atoms with Gasteiger partial charge in [-0.05, 0) is 6.42 Å². The van der Waals surface area contributed by atoms with Crippen LogP contribution in [0.2, 0.25) is 0 Å². The average molecular weight is 183 g/mol. The van der Waals surface area contributed by atoms with Gasteiger partial charge in [-0.25, -0.2) is 0 Å². The van der Waals surface area contributed by atoms with Crippen molar-refractivity contribution in [1.29, 1.82) is 0 Å². The number of nitrogens with zero attached hydrogens (tertiary/aromatic N) is 1. The zero-order valence-corrected chi connectivity index (χ0v) is 7.47. The molecule has 0 radical (unpaired) electrons. The molecule has 0 heterocycles. The monoisotopic (exact) mass is 183 g/mol. The van der Waals surface area contributed by atoms with Gasteiger partial charge in [0.2, 0.25) is 0 Å². The summed E-state index contributed by atoms with van der Waals surface area (Å²) in [5, 5.41) is 1.08. The lowest BCUT2D eigenvalue weighted by molar-refractivity contribution is -0.0357. The molecule has 0 spiro atoms. The summed E-state index contributed by atoms with van der Waals surface area (Å²) in [7, 11) is -2.88. The van der Waals surface area contributed by atoms with Gasteiger partial charge in [0.05, 0.1) is 0 Å². The van der Waals surface area contributed by atoms with Crippen molar-refractivity contribution in [3.8, 4) is 0 Å². The lowest BCUT2D eigenvalue weighted by Crippen LogP contribution is -2.23. The van der Waals surface area contributed by atoms with Gasteiger partial charge in [-0.2, -0.15) is 17.8 Å². The van der Waals surface area contributed by atoms with E-state index in [-0.39, 0.29) is 0 Å². The zero-order chi connectivity index (χ0) is 8.91. The van der Waals surface area contributed by atoms with Gasteiger partial charge in [0, 0.05) is 13.6 Å². The van der Waals surface area contributed by atoms with Crippen LogP contribution >= 0.6 is 0 Å². The maximum atomic E-state index is 10.1. The second-order valence-electron chi connectivity index (χ2n) is 2.21. The van der Waals surface area contributed by atoms with E-state index in [2.05, 4.69) is 4.28 Å². The molecule has 0 aliphatic heterocycles. The first-order valence-electron chi connectivity index (χ1n) is 3.34. The highest BCUT2D eigenvalue weighted by Crippen LogP contribution is 1.95. The fraction of sp³-hybridized carbons (Fsp3) is 1.00. The molecule has 0 amide bonds. The van der Waals surface area contributed by atoms with Crippen LogP contribution in [0.4, 0.5) is 0 Å². The zero-order valence-electron chi connectivity index (χ0n) is 6.65. The minimum atomic E-state index is -4.33. The maximum absolute atomic E-state index is 10.1. The van der Waals surface area contributed by atoms with Crippen LogP contribution in [0, 0.1) is 0 Å². The summed E-state index contributed by atoms with van der Waals surface area (Å²) in [6.45, 7) is 2.46. The Labute approximate surface area is 66.9 Å². The molecule has 0 aliphatic rings. The van der Waals surface area contributed by atoms with Gasteiger partial charge < -0.3 is 0 Å². The Balaban J connectivity index is 3.61. The van der Waals surface area contributed by atoms with Gasteiger partial charge in [-0.15, -0.1) is 0 Å². The Kier molecular flexibility index (Phi) is 4.58. The summed E-state index contributed by atoms with van der Waals surface area (Å²) >= 11 is 0. The highest BCUT2D eigenvalue weighted by atomic mass is 32.3. The highest BCUT2D eigenvalue weighted by molar-refractivity contribution is 7.80. The maximum Gasteiger partial charge on any atom is 0.413 e. The molecule has 0 saturated carbocycles. The van der Waals surface area contributed by atoms with Crippen LogP contribution < -0.4 is 0 Å². The predicted molar refractivity (Wildman–Crippen MR) is 40.2 cm³/mol. The molecule has 0 aromatic rings. The molecule has 6 heteroatoms. The summed E-state index contributed by atoms with van der Waals surface area (Å²) in [4.78, 5) is 0. The van der Waals surface area contributed by atoms with Crippen LogP contribution in [0.25, 0.3) is 0 Å². The lowest BCUT2D eigenvalue weighted by Gasteiger charge is -2.11. The van der Waals surface area contributed by atoms with Crippen LogP contribution in [0.3, 0.4) is 0 Å². The summed E-state index contributed by atoms with van der Waals surface area (Å²) in [6, 6.07) is 0. The van der Waals surface area contributed by atoms with Gasteiger partial charge in [0.1, 0.15) is 0 Å². The first kappa shape index (κ1) is 10.8. The van der Waals surface area contributed by atoms with Gasteiger partial charge in [-0.3, -0.25) is 4.55 Å². The van der Waals surface area contributed by atoms with Crippen LogP contribution in [-0.4, -0.2) is 31.6 Å². The minimum absolute atomic E-state index is 0.482. The molecule has 0 unspecified atom stereocenters. The molecular weight excluding hydrogens is 170 g/mol. The molecule has 0 aromatic carbocycles. The molecule has 11 heavy (non-hydrogen) atoms. The smallest absolute Gasteiger partial charge is 0.262 e. The molecule has 0 rings (SSSR count). The number of unbranched alkanes of at least 4 members (excludes halogenated alkanes) is 1. The second kappa shape index (κ2) is 4.66. The van der Waals surface area contributed by atoms with Gasteiger partial charge >= 0.3 is 10.4 Å². The topological polar surface area (TPSA) is 66.8 Å². The number of hydroxylamine groups is 2. The minimum Gasteiger partial charge on any atom is -0.262 e. The van der Waals surface area contributed by atoms with Gasteiger partial charge in [-0.1, -0.05) is 13.3 Å². The molecule has 68 valence electrons. The van der Waals surface area contributed by atoms with Crippen LogP contribution in [0.15, 0.2) is 0 Å². The quantitative estimate of drug-likeness (QED) is 0.495. The molecule has 0 aromatic heterocycles. The fourth-order valence-corrected chi connectivity index (χ4v) is 0.975. The normalized spacial score (nSPS) is 12.4. The largest absolute Gasteiger partial charge is 0.413 e. The van der Waals surface area contributed by atoms with E-state index in [0.717, 1.165) is 17.9 Å². The van der Waals surface area contributed by atoms with E-state index in [1.54, 1.807) is 0 Å². The van der Waals surface area contributed by atoms with Crippen molar-refractivity contribution in [2.75, 3.05) is 13.6 Å². The summed E-state index contributed by atoms with van der Waals surface area (Å²) < 4.78 is 32.5. The Morgan fingerprint density at radius 1 is 1.55 bits per heavy atom. The molecule has 0 fully saturated rings. The molecule has 0 aliphatic carbocycles.